The lowest BCUT2D eigenvalue weighted by molar-refractivity contribution is -0.115. The van der Waals surface area contributed by atoms with Crippen LogP contribution in [-0.2, 0) is 4.79 Å². The Hall–Kier alpha value is -2.04. The lowest BCUT2D eigenvalue weighted by Crippen LogP contribution is -2.49. The Labute approximate surface area is 112 Å². The number of nitrogens with one attached hydrogen (secondary N) is 2. The van der Waals surface area contributed by atoms with Crippen LogP contribution in [0.3, 0.4) is 0 Å². The van der Waals surface area contributed by atoms with Crippen LogP contribution in [0.25, 0.3) is 0 Å². The molecule has 0 bridgehead atoms. The second-order valence-corrected chi connectivity index (χ2v) is 5.08. The zero-order chi connectivity index (χ0) is 13.2. The molecule has 2 N–H and O–H groups in total. The van der Waals surface area contributed by atoms with E-state index in [0.29, 0.717) is 5.69 Å². The number of hydrogen-bond acceptors (Lipinski definition) is 2. The predicted molar refractivity (Wildman–Crippen MR) is 73.2 cm³/mol. The minimum Gasteiger partial charge on any atom is -0.335 e. The van der Waals surface area contributed by atoms with Crippen molar-refractivity contribution in [2.45, 2.75) is 31.7 Å². The SMILES string of the molecule is O=C1CN(C(=O)NC2CCCC2)c2ccccc2N1. The van der Waals surface area contributed by atoms with E-state index in [1.807, 2.05) is 24.3 Å². The van der Waals surface area contributed by atoms with Crippen LogP contribution in [-0.4, -0.2) is 24.5 Å². The lowest BCUT2D eigenvalue weighted by Gasteiger charge is -2.30. The largest absolute Gasteiger partial charge is 0.335 e. The zero-order valence-electron chi connectivity index (χ0n) is 10.7. The van der Waals surface area contributed by atoms with Gasteiger partial charge in [-0.05, 0) is 25.0 Å². The predicted octanol–water partition coefficient (Wildman–Crippen LogP) is 2.10. The van der Waals surface area contributed by atoms with E-state index >= 15 is 0 Å². The first-order chi connectivity index (χ1) is 9.24. The van der Waals surface area contributed by atoms with Gasteiger partial charge in [-0.3, -0.25) is 9.69 Å². The summed E-state index contributed by atoms with van der Waals surface area (Å²) in [4.78, 5) is 25.5. The standard InChI is InChI=1S/C14H17N3O2/c18-13-9-17(12-8-4-3-7-11(12)16-13)14(19)15-10-5-1-2-6-10/h3-4,7-8,10H,1-2,5-6,9H2,(H,15,19)(H,16,18). The molecule has 0 unspecified atom stereocenters. The van der Waals surface area contributed by atoms with E-state index in [1.54, 1.807) is 0 Å². The maximum atomic E-state index is 12.3. The Morgan fingerprint density at radius 3 is 2.79 bits per heavy atom. The van der Waals surface area contributed by atoms with E-state index in [-0.39, 0.29) is 24.5 Å². The van der Waals surface area contributed by atoms with Gasteiger partial charge in [0.15, 0.2) is 0 Å². The van der Waals surface area contributed by atoms with E-state index in [1.165, 1.54) is 17.7 Å². The maximum Gasteiger partial charge on any atom is 0.322 e. The van der Waals surface area contributed by atoms with Gasteiger partial charge in [-0.15, -0.1) is 0 Å². The molecule has 1 fully saturated rings. The third kappa shape index (κ3) is 2.41. The van der Waals surface area contributed by atoms with Gasteiger partial charge in [0.05, 0.1) is 11.4 Å². The number of urea groups is 1. The first kappa shape index (κ1) is 12.0. The summed E-state index contributed by atoms with van der Waals surface area (Å²) in [5, 5.41) is 5.79. The summed E-state index contributed by atoms with van der Waals surface area (Å²) in [6.07, 6.45) is 4.41. The minimum absolute atomic E-state index is 0.0789. The molecule has 2 aliphatic rings. The fourth-order valence-corrected chi connectivity index (χ4v) is 2.74. The second kappa shape index (κ2) is 4.91. The highest BCUT2D eigenvalue weighted by atomic mass is 16.2. The van der Waals surface area contributed by atoms with Crippen LogP contribution in [0, 0.1) is 0 Å². The van der Waals surface area contributed by atoms with Crippen molar-refractivity contribution in [2.75, 3.05) is 16.8 Å². The van der Waals surface area contributed by atoms with Gasteiger partial charge in [-0.1, -0.05) is 25.0 Å². The Morgan fingerprint density at radius 1 is 1.26 bits per heavy atom. The third-order valence-electron chi connectivity index (χ3n) is 3.70. The number of carbonyl (C=O) groups excluding carboxylic acids is 2. The molecule has 0 atom stereocenters. The van der Waals surface area contributed by atoms with E-state index in [0.717, 1.165) is 18.5 Å². The number of para-hydroxylation sites is 2. The molecule has 5 nitrogen and oxygen atoms in total. The number of carbonyl (C=O) groups is 2. The molecule has 19 heavy (non-hydrogen) atoms. The van der Waals surface area contributed by atoms with Crippen molar-refractivity contribution in [3.05, 3.63) is 24.3 Å². The molecule has 1 aromatic rings. The Bertz CT molecular complexity index is 509. The summed E-state index contributed by atoms with van der Waals surface area (Å²) in [5.74, 6) is -0.153. The van der Waals surface area contributed by atoms with Gasteiger partial charge in [0.25, 0.3) is 0 Å². The number of anilines is 2. The highest BCUT2D eigenvalue weighted by molar-refractivity contribution is 6.09. The van der Waals surface area contributed by atoms with Crippen molar-refractivity contribution < 1.29 is 9.59 Å². The summed E-state index contributed by atoms with van der Waals surface area (Å²) in [7, 11) is 0. The monoisotopic (exact) mass is 259 g/mol. The number of rotatable bonds is 1. The second-order valence-electron chi connectivity index (χ2n) is 5.08. The van der Waals surface area contributed by atoms with Gasteiger partial charge in [-0.2, -0.15) is 0 Å². The highest BCUT2D eigenvalue weighted by Gasteiger charge is 2.28. The molecule has 0 spiro atoms. The average molecular weight is 259 g/mol. The molecule has 1 aliphatic carbocycles. The van der Waals surface area contributed by atoms with Crippen LogP contribution in [0.5, 0.6) is 0 Å². The fourth-order valence-electron chi connectivity index (χ4n) is 2.74. The van der Waals surface area contributed by atoms with Gasteiger partial charge in [0.1, 0.15) is 6.54 Å². The van der Waals surface area contributed by atoms with Crippen LogP contribution in [0.4, 0.5) is 16.2 Å². The number of hydrogen-bond donors (Lipinski definition) is 2. The molecule has 1 aromatic carbocycles. The molecule has 0 radical (unpaired) electrons. The Kier molecular flexibility index (Phi) is 3.11. The third-order valence-corrected chi connectivity index (χ3v) is 3.70. The van der Waals surface area contributed by atoms with Crippen molar-refractivity contribution in [2.24, 2.45) is 0 Å². The van der Waals surface area contributed by atoms with Gasteiger partial charge < -0.3 is 10.6 Å². The molecule has 1 heterocycles. The summed E-state index contributed by atoms with van der Waals surface area (Å²) in [6, 6.07) is 7.45. The molecular weight excluding hydrogens is 242 g/mol. The van der Waals surface area contributed by atoms with Crippen molar-refractivity contribution in [3.63, 3.8) is 0 Å². The van der Waals surface area contributed by atoms with Gasteiger partial charge >= 0.3 is 6.03 Å². The number of nitrogens with zero attached hydrogens (tertiary/aromatic N) is 1. The van der Waals surface area contributed by atoms with E-state index in [4.69, 9.17) is 0 Å². The van der Waals surface area contributed by atoms with Crippen LogP contribution >= 0.6 is 0 Å². The molecule has 100 valence electrons. The van der Waals surface area contributed by atoms with Crippen molar-refractivity contribution in [1.82, 2.24) is 5.32 Å². The Morgan fingerprint density at radius 2 is 2.00 bits per heavy atom. The summed E-state index contributed by atoms with van der Waals surface area (Å²) >= 11 is 0. The molecule has 1 saturated carbocycles. The van der Waals surface area contributed by atoms with E-state index in [9.17, 15) is 9.59 Å². The van der Waals surface area contributed by atoms with Crippen molar-refractivity contribution in [3.8, 4) is 0 Å². The van der Waals surface area contributed by atoms with Crippen LogP contribution in [0.15, 0.2) is 24.3 Å². The Balaban J connectivity index is 1.79. The first-order valence-electron chi connectivity index (χ1n) is 6.71. The summed E-state index contributed by atoms with van der Waals surface area (Å²) in [6.45, 7) is 0.0789. The zero-order valence-corrected chi connectivity index (χ0v) is 10.7. The normalized spacial score (nSPS) is 18.9. The quantitative estimate of drug-likeness (QED) is 0.811. The maximum absolute atomic E-state index is 12.3. The minimum atomic E-state index is -0.172. The van der Waals surface area contributed by atoms with Crippen molar-refractivity contribution in [1.29, 1.82) is 0 Å². The van der Waals surface area contributed by atoms with E-state index in [2.05, 4.69) is 10.6 Å². The van der Waals surface area contributed by atoms with Crippen molar-refractivity contribution >= 4 is 23.3 Å². The fraction of sp³-hybridized carbons (Fsp3) is 0.429. The average Bonchev–Trinajstić information content (AvgIpc) is 2.90. The lowest BCUT2D eigenvalue weighted by atomic mass is 10.2. The molecule has 3 amide bonds. The summed E-state index contributed by atoms with van der Waals surface area (Å²) in [5.41, 5.74) is 1.46. The van der Waals surface area contributed by atoms with Gasteiger partial charge in [0, 0.05) is 6.04 Å². The molecule has 1 aliphatic heterocycles. The van der Waals surface area contributed by atoms with Crippen LogP contribution in [0.1, 0.15) is 25.7 Å². The summed E-state index contributed by atoms with van der Waals surface area (Å²) < 4.78 is 0. The molecule has 5 heteroatoms. The van der Waals surface area contributed by atoms with E-state index < -0.39 is 0 Å². The first-order valence-corrected chi connectivity index (χ1v) is 6.71. The highest BCUT2D eigenvalue weighted by Crippen LogP contribution is 2.29. The topological polar surface area (TPSA) is 61.4 Å². The molecule has 0 aromatic heterocycles. The number of amides is 3. The van der Waals surface area contributed by atoms with Crippen LogP contribution < -0.4 is 15.5 Å². The number of benzene rings is 1. The molecule has 3 rings (SSSR count). The number of fused-ring (bicyclic) bond motifs is 1. The smallest absolute Gasteiger partial charge is 0.322 e. The van der Waals surface area contributed by atoms with Gasteiger partial charge in [0.2, 0.25) is 5.91 Å². The molecule has 0 saturated heterocycles. The van der Waals surface area contributed by atoms with Gasteiger partial charge in [-0.25, -0.2) is 4.79 Å². The van der Waals surface area contributed by atoms with Crippen LogP contribution in [0.2, 0.25) is 0 Å². The molecular formula is C14H17N3O2.